The van der Waals surface area contributed by atoms with Crippen LogP contribution in [0.5, 0.6) is 0 Å². The van der Waals surface area contributed by atoms with Crippen LogP contribution in [0.25, 0.3) is 5.69 Å². The summed E-state index contributed by atoms with van der Waals surface area (Å²) in [4.78, 5) is 12.3. The second-order valence-electron chi connectivity index (χ2n) is 4.44. The molecular formula is C13H14FN3O. The number of aromatic amines is 1. The number of halogens is 1. The predicted octanol–water partition coefficient (Wildman–Crippen LogP) is 0.993. The fraction of sp³-hybridized carbons (Fsp3) is 0.308. The van der Waals surface area contributed by atoms with Crippen molar-refractivity contribution in [3.63, 3.8) is 0 Å². The molecule has 5 heteroatoms. The lowest BCUT2D eigenvalue weighted by Crippen LogP contribution is -2.21. The van der Waals surface area contributed by atoms with Crippen LogP contribution in [0.4, 0.5) is 4.39 Å². The molecule has 0 aliphatic carbocycles. The molecule has 2 aromatic rings. The number of fused-ring (bicyclic) bond motifs is 1. The first-order chi connectivity index (χ1) is 8.75. The molecule has 94 valence electrons. The molecule has 1 aliphatic heterocycles. The van der Waals surface area contributed by atoms with E-state index >= 15 is 0 Å². The van der Waals surface area contributed by atoms with Crippen molar-refractivity contribution in [2.75, 3.05) is 13.1 Å². The molecule has 4 nitrogen and oxygen atoms in total. The Morgan fingerprint density at radius 3 is 2.61 bits per heavy atom. The minimum atomic E-state index is -0.302. The van der Waals surface area contributed by atoms with Gasteiger partial charge in [-0.3, -0.25) is 9.89 Å². The van der Waals surface area contributed by atoms with Gasteiger partial charge in [-0.05, 0) is 37.2 Å². The van der Waals surface area contributed by atoms with Crippen LogP contribution >= 0.6 is 0 Å². The number of benzene rings is 1. The maximum Gasteiger partial charge on any atom is 0.274 e. The number of nitrogens with zero attached hydrogens (tertiary/aromatic N) is 1. The number of hydrogen-bond acceptors (Lipinski definition) is 2. The van der Waals surface area contributed by atoms with E-state index < -0.39 is 0 Å². The van der Waals surface area contributed by atoms with Crippen molar-refractivity contribution in [2.24, 2.45) is 0 Å². The zero-order valence-corrected chi connectivity index (χ0v) is 9.87. The van der Waals surface area contributed by atoms with Crippen LogP contribution in [0, 0.1) is 5.82 Å². The van der Waals surface area contributed by atoms with E-state index in [-0.39, 0.29) is 11.4 Å². The van der Waals surface area contributed by atoms with E-state index in [4.69, 9.17) is 0 Å². The Hall–Kier alpha value is -1.88. The third-order valence-corrected chi connectivity index (χ3v) is 3.26. The second kappa shape index (κ2) is 4.42. The van der Waals surface area contributed by atoms with Crippen LogP contribution in [-0.2, 0) is 12.8 Å². The molecule has 0 atom stereocenters. The molecule has 1 aromatic carbocycles. The van der Waals surface area contributed by atoms with Crippen LogP contribution in [0.15, 0.2) is 29.1 Å². The van der Waals surface area contributed by atoms with Gasteiger partial charge in [-0.25, -0.2) is 9.07 Å². The van der Waals surface area contributed by atoms with Gasteiger partial charge in [0.1, 0.15) is 5.82 Å². The van der Waals surface area contributed by atoms with Gasteiger partial charge in [-0.15, -0.1) is 0 Å². The van der Waals surface area contributed by atoms with E-state index in [1.807, 2.05) is 0 Å². The van der Waals surface area contributed by atoms with Gasteiger partial charge in [-0.1, -0.05) is 0 Å². The number of aromatic nitrogens is 2. The van der Waals surface area contributed by atoms with Crippen molar-refractivity contribution in [1.82, 2.24) is 15.1 Å². The van der Waals surface area contributed by atoms with Crippen molar-refractivity contribution in [3.05, 3.63) is 51.7 Å². The normalized spacial score (nSPS) is 15.2. The first-order valence-electron chi connectivity index (χ1n) is 6.05. The highest BCUT2D eigenvalue weighted by Crippen LogP contribution is 2.11. The number of rotatable bonds is 1. The van der Waals surface area contributed by atoms with Crippen molar-refractivity contribution in [3.8, 4) is 5.69 Å². The van der Waals surface area contributed by atoms with E-state index in [2.05, 4.69) is 10.4 Å². The van der Waals surface area contributed by atoms with Crippen molar-refractivity contribution in [1.29, 1.82) is 0 Å². The summed E-state index contributed by atoms with van der Waals surface area (Å²) in [5.41, 5.74) is 2.46. The topological polar surface area (TPSA) is 49.8 Å². The molecule has 18 heavy (non-hydrogen) atoms. The predicted molar refractivity (Wildman–Crippen MR) is 66.6 cm³/mol. The summed E-state index contributed by atoms with van der Waals surface area (Å²) in [6, 6.07) is 5.92. The highest BCUT2D eigenvalue weighted by Gasteiger charge is 2.16. The molecule has 0 amide bonds. The van der Waals surface area contributed by atoms with Crippen molar-refractivity contribution < 1.29 is 4.39 Å². The maximum absolute atomic E-state index is 12.9. The Morgan fingerprint density at radius 2 is 1.83 bits per heavy atom. The maximum atomic E-state index is 12.9. The Kier molecular flexibility index (Phi) is 2.76. The lowest BCUT2D eigenvalue weighted by atomic mass is 10.1. The summed E-state index contributed by atoms with van der Waals surface area (Å²) in [6.45, 7) is 1.69. The van der Waals surface area contributed by atoms with Gasteiger partial charge in [0.05, 0.1) is 5.69 Å². The van der Waals surface area contributed by atoms with E-state index in [9.17, 15) is 9.18 Å². The van der Waals surface area contributed by atoms with Crippen molar-refractivity contribution in [2.45, 2.75) is 12.8 Å². The third kappa shape index (κ3) is 1.86. The van der Waals surface area contributed by atoms with Gasteiger partial charge in [-0.2, -0.15) is 0 Å². The standard InChI is InChI=1S/C13H14FN3O/c14-9-1-3-10(4-2-9)17-13(18)11-5-7-15-8-6-12(11)16-17/h1-4,15-16H,5-8H2. The van der Waals surface area contributed by atoms with Crippen LogP contribution in [0.3, 0.4) is 0 Å². The summed E-state index contributed by atoms with van der Waals surface area (Å²) >= 11 is 0. The molecule has 0 unspecified atom stereocenters. The van der Waals surface area contributed by atoms with Crippen LogP contribution in [0.2, 0.25) is 0 Å². The molecule has 0 saturated heterocycles. The minimum absolute atomic E-state index is 0.0275. The summed E-state index contributed by atoms with van der Waals surface area (Å²) in [5, 5.41) is 6.38. The molecule has 0 spiro atoms. The Bertz CT molecular complexity index is 612. The molecule has 0 saturated carbocycles. The van der Waals surface area contributed by atoms with Crippen LogP contribution in [-0.4, -0.2) is 22.9 Å². The third-order valence-electron chi connectivity index (χ3n) is 3.26. The first-order valence-corrected chi connectivity index (χ1v) is 6.05. The summed E-state index contributed by atoms with van der Waals surface area (Å²) in [7, 11) is 0. The van der Waals surface area contributed by atoms with Gasteiger partial charge in [0, 0.05) is 24.2 Å². The SMILES string of the molecule is O=c1c2c([nH]n1-c1ccc(F)cc1)CCNCC2. The summed E-state index contributed by atoms with van der Waals surface area (Å²) < 4.78 is 14.4. The number of nitrogens with one attached hydrogen (secondary N) is 2. The highest BCUT2D eigenvalue weighted by molar-refractivity contribution is 5.33. The van der Waals surface area contributed by atoms with Gasteiger partial charge in [0.2, 0.25) is 0 Å². The molecule has 0 radical (unpaired) electrons. The average Bonchev–Trinajstić information content (AvgIpc) is 2.57. The fourth-order valence-electron chi connectivity index (χ4n) is 2.31. The second-order valence-corrected chi connectivity index (χ2v) is 4.44. The molecule has 1 aromatic heterocycles. The monoisotopic (exact) mass is 247 g/mol. The molecule has 1 aliphatic rings. The molecule has 2 N–H and O–H groups in total. The Labute approximate surface area is 103 Å². The first kappa shape index (κ1) is 11.2. The average molecular weight is 247 g/mol. The van der Waals surface area contributed by atoms with E-state index in [0.717, 1.165) is 37.2 Å². The summed E-state index contributed by atoms with van der Waals surface area (Å²) in [6.07, 6.45) is 1.55. The zero-order chi connectivity index (χ0) is 12.5. The fourth-order valence-corrected chi connectivity index (χ4v) is 2.31. The number of hydrogen-bond donors (Lipinski definition) is 2. The largest absolute Gasteiger partial charge is 0.316 e. The zero-order valence-electron chi connectivity index (χ0n) is 9.87. The van der Waals surface area contributed by atoms with Crippen LogP contribution < -0.4 is 10.9 Å². The lowest BCUT2D eigenvalue weighted by Gasteiger charge is -2.02. The number of H-pyrrole nitrogens is 1. The van der Waals surface area contributed by atoms with Crippen molar-refractivity contribution >= 4 is 0 Å². The van der Waals surface area contributed by atoms with Gasteiger partial charge >= 0.3 is 0 Å². The smallest absolute Gasteiger partial charge is 0.274 e. The minimum Gasteiger partial charge on any atom is -0.316 e. The Balaban J connectivity index is 2.08. The van der Waals surface area contributed by atoms with Gasteiger partial charge in [0.15, 0.2) is 0 Å². The van der Waals surface area contributed by atoms with E-state index in [0.29, 0.717) is 5.69 Å². The summed E-state index contributed by atoms with van der Waals surface area (Å²) in [5.74, 6) is -0.302. The van der Waals surface area contributed by atoms with E-state index in [1.165, 1.54) is 16.8 Å². The highest BCUT2D eigenvalue weighted by atomic mass is 19.1. The lowest BCUT2D eigenvalue weighted by molar-refractivity contribution is 0.626. The van der Waals surface area contributed by atoms with Crippen LogP contribution in [0.1, 0.15) is 11.3 Å². The molecule has 0 fully saturated rings. The Morgan fingerprint density at radius 1 is 1.11 bits per heavy atom. The molecule has 2 heterocycles. The van der Waals surface area contributed by atoms with E-state index in [1.54, 1.807) is 12.1 Å². The quantitative estimate of drug-likeness (QED) is 0.789. The van der Waals surface area contributed by atoms with Gasteiger partial charge in [0.25, 0.3) is 5.56 Å². The van der Waals surface area contributed by atoms with Gasteiger partial charge < -0.3 is 5.32 Å². The molecule has 3 rings (SSSR count). The molecular weight excluding hydrogens is 233 g/mol. The molecule has 0 bridgehead atoms.